The van der Waals surface area contributed by atoms with Crippen LogP contribution < -0.4 is 0 Å². The number of ether oxygens (including phenoxy) is 2. The van der Waals surface area contributed by atoms with Gasteiger partial charge in [-0.25, -0.2) is 0 Å². The van der Waals surface area contributed by atoms with E-state index in [1.54, 1.807) is 14.2 Å². The lowest BCUT2D eigenvalue weighted by Gasteiger charge is -2.07. The van der Waals surface area contributed by atoms with Gasteiger partial charge in [0.05, 0.1) is 14.2 Å². The van der Waals surface area contributed by atoms with Crippen molar-refractivity contribution >= 4 is 0 Å². The van der Waals surface area contributed by atoms with E-state index in [4.69, 9.17) is 9.47 Å². The second-order valence-corrected chi connectivity index (χ2v) is 2.80. The molecule has 0 bridgehead atoms. The van der Waals surface area contributed by atoms with Crippen molar-refractivity contribution in [2.45, 2.75) is 20.3 Å². The van der Waals surface area contributed by atoms with Crippen molar-refractivity contribution in [2.24, 2.45) is 0 Å². The van der Waals surface area contributed by atoms with Crippen molar-refractivity contribution < 1.29 is 9.47 Å². The molecular weight excluding hydrogens is 140 g/mol. The van der Waals surface area contributed by atoms with E-state index in [1.165, 1.54) is 11.1 Å². The molecule has 0 fully saturated rings. The number of hydrogen-bond donors (Lipinski definition) is 0. The van der Waals surface area contributed by atoms with Crippen molar-refractivity contribution in [3.63, 3.8) is 0 Å². The molecule has 0 saturated carbocycles. The molecule has 0 unspecified atom stereocenters. The van der Waals surface area contributed by atoms with Crippen LogP contribution in [0, 0.1) is 0 Å². The van der Waals surface area contributed by atoms with Crippen LogP contribution >= 0.6 is 0 Å². The standard InChI is InChI=1S/C9H14O2/c1-6-5-7(2)9(11-4)8(6)10-3/h5H2,1-4H3. The van der Waals surface area contributed by atoms with Crippen molar-refractivity contribution in [3.8, 4) is 0 Å². The Labute approximate surface area is 67.5 Å². The summed E-state index contributed by atoms with van der Waals surface area (Å²) in [6.07, 6.45) is 0.979. The molecule has 0 aromatic heterocycles. The van der Waals surface area contributed by atoms with E-state index in [9.17, 15) is 0 Å². The molecule has 0 amide bonds. The van der Waals surface area contributed by atoms with Crippen LogP contribution in [-0.2, 0) is 9.47 Å². The van der Waals surface area contributed by atoms with Crippen molar-refractivity contribution in [2.75, 3.05) is 14.2 Å². The maximum atomic E-state index is 5.19. The zero-order valence-corrected chi connectivity index (χ0v) is 7.52. The fraction of sp³-hybridized carbons (Fsp3) is 0.556. The molecule has 0 heterocycles. The van der Waals surface area contributed by atoms with Gasteiger partial charge in [-0.2, -0.15) is 0 Å². The van der Waals surface area contributed by atoms with Crippen molar-refractivity contribution in [3.05, 3.63) is 22.7 Å². The summed E-state index contributed by atoms with van der Waals surface area (Å²) in [4.78, 5) is 0. The molecule has 0 N–H and O–H groups in total. The molecule has 62 valence electrons. The fourth-order valence-electron chi connectivity index (χ4n) is 1.48. The highest BCUT2D eigenvalue weighted by molar-refractivity contribution is 5.38. The first-order valence-electron chi connectivity index (χ1n) is 3.68. The Bertz CT molecular complexity index is 200. The topological polar surface area (TPSA) is 18.5 Å². The molecule has 0 radical (unpaired) electrons. The van der Waals surface area contributed by atoms with E-state index in [2.05, 4.69) is 13.8 Å². The summed E-state index contributed by atoms with van der Waals surface area (Å²) < 4.78 is 10.4. The van der Waals surface area contributed by atoms with Crippen LogP contribution in [0.4, 0.5) is 0 Å². The van der Waals surface area contributed by atoms with E-state index in [-0.39, 0.29) is 0 Å². The van der Waals surface area contributed by atoms with Crippen LogP contribution in [-0.4, -0.2) is 14.2 Å². The third-order valence-corrected chi connectivity index (χ3v) is 1.92. The van der Waals surface area contributed by atoms with E-state index >= 15 is 0 Å². The highest BCUT2D eigenvalue weighted by atomic mass is 16.5. The second kappa shape index (κ2) is 2.99. The molecule has 0 aliphatic heterocycles. The van der Waals surface area contributed by atoms with Gasteiger partial charge in [-0.05, 0) is 31.4 Å². The Kier molecular flexibility index (Phi) is 2.22. The first-order chi connectivity index (χ1) is 5.20. The van der Waals surface area contributed by atoms with Crippen LogP contribution in [0.3, 0.4) is 0 Å². The molecule has 1 rings (SSSR count). The predicted molar refractivity (Wildman–Crippen MR) is 44.0 cm³/mol. The molecule has 0 aromatic rings. The van der Waals surface area contributed by atoms with Gasteiger partial charge in [-0.3, -0.25) is 0 Å². The maximum absolute atomic E-state index is 5.19. The molecule has 0 aromatic carbocycles. The van der Waals surface area contributed by atoms with E-state index in [0.29, 0.717) is 0 Å². The smallest absolute Gasteiger partial charge is 0.159 e. The first kappa shape index (κ1) is 8.18. The van der Waals surface area contributed by atoms with Gasteiger partial charge in [0.15, 0.2) is 11.5 Å². The van der Waals surface area contributed by atoms with Crippen LogP contribution in [0.25, 0.3) is 0 Å². The minimum Gasteiger partial charge on any atom is -0.493 e. The quantitative estimate of drug-likeness (QED) is 0.607. The molecule has 0 spiro atoms. The Morgan fingerprint density at radius 3 is 1.55 bits per heavy atom. The number of hydrogen-bond acceptors (Lipinski definition) is 2. The van der Waals surface area contributed by atoms with Crippen LogP contribution in [0.1, 0.15) is 20.3 Å². The first-order valence-corrected chi connectivity index (χ1v) is 3.68. The number of methoxy groups -OCH3 is 2. The molecule has 2 heteroatoms. The summed E-state index contributed by atoms with van der Waals surface area (Å²) in [5.74, 6) is 1.81. The van der Waals surface area contributed by atoms with E-state index in [0.717, 1.165) is 17.9 Å². The zero-order chi connectivity index (χ0) is 8.43. The normalized spacial score (nSPS) is 17.8. The minimum atomic E-state index is 0.907. The Balaban J connectivity index is 2.94. The summed E-state index contributed by atoms with van der Waals surface area (Å²) in [6.45, 7) is 4.13. The lowest BCUT2D eigenvalue weighted by molar-refractivity contribution is 0.219. The van der Waals surface area contributed by atoms with E-state index < -0.39 is 0 Å². The lowest BCUT2D eigenvalue weighted by Crippen LogP contribution is -1.93. The molecule has 2 nitrogen and oxygen atoms in total. The highest BCUT2D eigenvalue weighted by Gasteiger charge is 2.20. The summed E-state index contributed by atoms with van der Waals surface area (Å²) in [7, 11) is 3.35. The van der Waals surface area contributed by atoms with Gasteiger partial charge in [0.2, 0.25) is 0 Å². The average Bonchev–Trinajstić information content (AvgIpc) is 2.24. The minimum absolute atomic E-state index is 0.907. The van der Waals surface area contributed by atoms with E-state index in [1.807, 2.05) is 0 Å². The van der Waals surface area contributed by atoms with Gasteiger partial charge in [0, 0.05) is 0 Å². The monoisotopic (exact) mass is 154 g/mol. The Morgan fingerprint density at radius 2 is 1.27 bits per heavy atom. The molecule has 11 heavy (non-hydrogen) atoms. The average molecular weight is 154 g/mol. The molecular formula is C9H14O2. The lowest BCUT2D eigenvalue weighted by atomic mass is 10.2. The summed E-state index contributed by atoms with van der Waals surface area (Å²) in [5, 5.41) is 0. The van der Waals surface area contributed by atoms with Gasteiger partial charge < -0.3 is 9.47 Å². The maximum Gasteiger partial charge on any atom is 0.159 e. The van der Waals surface area contributed by atoms with Gasteiger partial charge in [-0.1, -0.05) is 0 Å². The zero-order valence-electron chi connectivity index (χ0n) is 7.52. The number of rotatable bonds is 2. The number of allylic oxidation sites excluding steroid dienone is 2. The fourth-order valence-corrected chi connectivity index (χ4v) is 1.48. The van der Waals surface area contributed by atoms with Crippen LogP contribution in [0.15, 0.2) is 22.7 Å². The van der Waals surface area contributed by atoms with Gasteiger partial charge in [-0.15, -0.1) is 0 Å². The summed E-state index contributed by atoms with van der Waals surface area (Å²) in [6, 6.07) is 0. The Hall–Kier alpha value is -0.920. The predicted octanol–water partition coefficient (Wildman–Crippen LogP) is 2.23. The van der Waals surface area contributed by atoms with Crippen LogP contribution in [0.2, 0.25) is 0 Å². The largest absolute Gasteiger partial charge is 0.493 e. The SMILES string of the molecule is COC1=C(C)CC(C)=C1OC. The van der Waals surface area contributed by atoms with Gasteiger partial charge in [0.1, 0.15) is 0 Å². The molecule has 0 atom stereocenters. The highest BCUT2D eigenvalue weighted by Crippen LogP contribution is 2.32. The third kappa shape index (κ3) is 1.25. The van der Waals surface area contributed by atoms with Crippen molar-refractivity contribution in [1.29, 1.82) is 0 Å². The molecule has 1 aliphatic rings. The van der Waals surface area contributed by atoms with Gasteiger partial charge >= 0.3 is 0 Å². The third-order valence-electron chi connectivity index (χ3n) is 1.92. The van der Waals surface area contributed by atoms with Crippen molar-refractivity contribution in [1.82, 2.24) is 0 Å². The summed E-state index contributed by atoms with van der Waals surface area (Å²) in [5.41, 5.74) is 2.50. The summed E-state index contributed by atoms with van der Waals surface area (Å²) >= 11 is 0. The van der Waals surface area contributed by atoms with Crippen LogP contribution in [0.5, 0.6) is 0 Å². The second-order valence-electron chi connectivity index (χ2n) is 2.80. The Morgan fingerprint density at radius 1 is 0.909 bits per heavy atom. The molecule has 1 aliphatic carbocycles. The molecule has 0 saturated heterocycles. The van der Waals surface area contributed by atoms with Gasteiger partial charge in [0.25, 0.3) is 0 Å².